The van der Waals surface area contributed by atoms with Gasteiger partial charge < -0.3 is 9.47 Å². The molecule has 0 aliphatic carbocycles. The Morgan fingerprint density at radius 2 is 2.00 bits per heavy atom. The minimum Gasteiger partial charge on any atom is -0.488 e. The summed E-state index contributed by atoms with van der Waals surface area (Å²) in [6, 6.07) is 17.4. The van der Waals surface area contributed by atoms with Crippen LogP contribution >= 0.6 is 34.7 Å². The van der Waals surface area contributed by atoms with E-state index >= 15 is 0 Å². The summed E-state index contributed by atoms with van der Waals surface area (Å²) in [5.74, 6) is 1.28. The topological polar surface area (TPSA) is 35.5 Å². The van der Waals surface area contributed by atoms with Crippen molar-refractivity contribution in [2.45, 2.75) is 11.5 Å². The lowest BCUT2D eigenvalue weighted by molar-refractivity contribution is 0.0536. The van der Waals surface area contributed by atoms with E-state index in [2.05, 4.69) is 0 Å². The summed E-state index contributed by atoms with van der Waals surface area (Å²) >= 11 is 8.97. The van der Waals surface area contributed by atoms with Crippen LogP contribution < -0.4 is 4.74 Å². The molecule has 26 heavy (non-hydrogen) atoms. The number of ether oxygens (including phenoxy) is 2. The van der Waals surface area contributed by atoms with Crippen molar-refractivity contribution in [3.63, 3.8) is 0 Å². The quantitative estimate of drug-likeness (QED) is 0.302. The van der Waals surface area contributed by atoms with Gasteiger partial charge >= 0.3 is 5.97 Å². The first-order valence-corrected chi connectivity index (χ1v) is 10.3. The summed E-state index contributed by atoms with van der Waals surface area (Å²) < 4.78 is 11.2. The zero-order valence-electron chi connectivity index (χ0n) is 13.7. The molecule has 3 nitrogen and oxygen atoms in total. The fourth-order valence-electron chi connectivity index (χ4n) is 2.70. The van der Waals surface area contributed by atoms with Crippen LogP contribution in [0.15, 0.2) is 59.5 Å². The zero-order valence-corrected chi connectivity index (χ0v) is 16.1. The van der Waals surface area contributed by atoms with Gasteiger partial charge in [0, 0.05) is 31.7 Å². The van der Waals surface area contributed by atoms with Crippen LogP contribution in [-0.2, 0) is 11.3 Å². The number of thiophene rings is 1. The van der Waals surface area contributed by atoms with Crippen molar-refractivity contribution in [2.75, 3.05) is 12.4 Å². The standard InChI is InChI=1S/C20H15ClO3S2/c21-14-5-7-15(8-6-14)25-10-9-23-20(22)18-11-13-12-24-17-4-2-1-3-16(17)19(13)26-18/h1-8,11H,9-10,12H2. The van der Waals surface area contributed by atoms with Crippen molar-refractivity contribution < 1.29 is 14.3 Å². The molecule has 4 rings (SSSR count). The van der Waals surface area contributed by atoms with Crippen LogP contribution in [0.3, 0.4) is 0 Å². The fraction of sp³-hybridized carbons (Fsp3) is 0.150. The van der Waals surface area contributed by atoms with E-state index in [1.54, 1.807) is 11.8 Å². The van der Waals surface area contributed by atoms with Crippen LogP contribution in [0, 0.1) is 0 Å². The number of para-hydroxylation sites is 1. The molecule has 0 unspecified atom stereocenters. The molecule has 1 aliphatic rings. The Balaban J connectivity index is 1.36. The van der Waals surface area contributed by atoms with E-state index in [1.165, 1.54) is 11.3 Å². The van der Waals surface area contributed by atoms with Gasteiger partial charge in [0.1, 0.15) is 23.8 Å². The van der Waals surface area contributed by atoms with E-state index in [4.69, 9.17) is 21.1 Å². The maximum Gasteiger partial charge on any atom is 0.348 e. The molecule has 0 spiro atoms. The SMILES string of the molecule is O=C(OCCSc1ccc(Cl)cc1)c1cc2c(s1)-c1ccccc1OC2. The van der Waals surface area contributed by atoms with E-state index in [0.29, 0.717) is 28.9 Å². The molecule has 6 heteroatoms. The molecule has 132 valence electrons. The van der Waals surface area contributed by atoms with Crippen molar-refractivity contribution in [2.24, 2.45) is 0 Å². The van der Waals surface area contributed by atoms with E-state index < -0.39 is 0 Å². The molecule has 0 N–H and O–H groups in total. The van der Waals surface area contributed by atoms with Gasteiger partial charge in [0.15, 0.2) is 0 Å². The van der Waals surface area contributed by atoms with Gasteiger partial charge in [0.25, 0.3) is 0 Å². The molecule has 1 aromatic heterocycles. The summed E-state index contributed by atoms with van der Waals surface area (Å²) in [7, 11) is 0. The van der Waals surface area contributed by atoms with Crippen LogP contribution in [0.25, 0.3) is 10.4 Å². The molecule has 0 saturated heterocycles. The molecule has 0 radical (unpaired) electrons. The van der Waals surface area contributed by atoms with E-state index in [9.17, 15) is 4.79 Å². The highest BCUT2D eigenvalue weighted by Crippen LogP contribution is 2.42. The van der Waals surface area contributed by atoms with Gasteiger partial charge in [-0.3, -0.25) is 0 Å². The number of esters is 1. The molecule has 0 atom stereocenters. The Labute approximate surface area is 164 Å². The van der Waals surface area contributed by atoms with Gasteiger partial charge in [-0.05, 0) is 42.5 Å². The number of hydrogen-bond donors (Lipinski definition) is 0. The van der Waals surface area contributed by atoms with Gasteiger partial charge in [-0.25, -0.2) is 4.79 Å². The molecule has 2 heterocycles. The lowest BCUT2D eigenvalue weighted by Gasteiger charge is -2.16. The minimum absolute atomic E-state index is 0.279. The van der Waals surface area contributed by atoms with Crippen LogP contribution in [0.2, 0.25) is 5.02 Å². The van der Waals surface area contributed by atoms with Gasteiger partial charge in [-0.2, -0.15) is 0 Å². The fourth-order valence-corrected chi connectivity index (χ4v) is 4.64. The number of benzene rings is 2. The Hall–Kier alpha value is -1.95. The number of halogens is 1. The second-order valence-corrected chi connectivity index (χ2v) is 8.35. The number of rotatable bonds is 5. The van der Waals surface area contributed by atoms with Crippen molar-refractivity contribution in [1.29, 1.82) is 0 Å². The minimum atomic E-state index is -0.279. The van der Waals surface area contributed by atoms with Crippen molar-refractivity contribution in [3.8, 4) is 16.2 Å². The zero-order chi connectivity index (χ0) is 17.9. The van der Waals surface area contributed by atoms with Crippen LogP contribution in [0.5, 0.6) is 5.75 Å². The Morgan fingerprint density at radius 3 is 2.85 bits per heavy atom. The molecule has 0 fully saturated rings. The summed E-state index contributed by atoms with van der Waals surface area (Å²) in [6.07, 6.45) is 0. The normalized spacial score (nSPS) is 12.0. The third kappa shape index (κ3) is 3.75. The predicted molar refractivity (Wildman–Crippen MR) is 107 cm³/mol. The van der Waals surface area contributed by atoms with Gasteiger partial charge in [-0.15, -0.1) is 23.1 Å². The highest BCUT2D eigenvalue weighted by atomic mass is 35.5. The Bertz CT molecular complexity index is 934. The number of hydrogen-bond acceptors (Lipinski definition) is 5. The molecule has 3 aromatic rings. The molecule has 0 bridgehead atoms. The van der Waals surface area contributed by atoms with Gasteiger partial charge in [0.2, 0.25) is 0 Å². The third-order valence-electron chi connectivity index (χ3n) is 3.92. The average Bonchev–Trinajstić information content (AvgIpc) is 3.11. The molecule has 2 aromatic carbocycles. The van der Waals surface area contributed by atoms with Crippen molar-refractivity contribution in [1.82, 2.24) is 0 Å². The molecule has 1 aliphatic heterocycles. The number of carbonyl (C=O) groups excluding carboxylic acids is 1. The first-order chi connectivity index (χ1) is 12.7. The Kier molecular flexibility index (Phi) is 5.20. The Morgan fingerprint density at radius 1 is 1.19 bits per heavy atom. The lowest BCUT2D eigenvalue weighted by atomic mass is 10.1. The number of carbonyl (C=O) groups is 1. The summed E-state index contributed by atoms with van der Waals surface area (Å²) in [4.78, 5) is 15.2. The van der Waals surface area contributed by atoms with Crippen LogP contribution in [-0.4, -0.2) is 18.3 Å². The maximum atomic E-state index is 12.4. The second-order valence-electron chi connectivity index (χ2n) is 5.69. The third-order valence-corrected chi connectivity index (χ3v) is 6.34. The molecular formula is C20H15ClO3S2. The van der Waals surface area contributed by atoms with Crippen LogP contribution in [0.1, 0.15) is 15.2 Å². The average molecular weight is 403 g/mol. The number of fused-ring (bicyclic) bond motifs is 3. The summed E-state index contributed by atoms with van der Waals surface area (Å²) in [5, 5.41) is 0.716. The maximum absolute atomic E-state index is 12.4. The first-order valence-electron chi connectivity index (χ1n) is 8.11. The predicted octanol–water partition coefficient (Wildman–Crippen LogP) is 5.91. The molecular weight excluding hydrogens is 388 g/mol. The molecule has 0 amide bonds. The lowest BCUT2D eigenvalue weighted by Crippen LogP contribution is -2.06. The van der Waals surface area contributed by atoms with Gasteiger partial charge in [-0.1, -0.05) is 23.7 Å². The largest absolute Gasteiger partial charge is 0.488 e. The smallest absolute Gasteiger partial charge is 0.348 e. The summed E-state index contributed by atoms with van der Waals surface area (Å²) in [5.41, 5.74) is 2.08. The van der Waals surface area contributed by atoms with Gasteiger partial charge in [0.05, 0.1) is 0 Å². The first kappa shape index (κ1) is 17.5. The van der Waals surface area contributed by atoms with E-state index in [-0.39, 0.29) is 5.97 Å². The van der Waals surface area contributed by atoms with Crippen molar-refractivity contribution in [3.05, 3.63) is 70.1 Å². The highest BCUT2D eigenvalue weighted by Gasteiger charge is 2.22. The highest BCUT2D eigenvalue weighted by molar-refractivity contribution is 7.99. The monoisotopic (exact) mass is 402 g/mol. The number of thioether (sulfide) groups is 1. The van der Waals surface area contributed by atoms with Crippen molar-refractivity contribution >= 4 is 40.7 Å². The van der Waals surface area contributed by atoms with E-state index in [0.717, 1.165) is 26.6 Å². The second kappa shape index (κ2) is 7.74. The summed E-state index contributed by atoms with van der Waals surface area (Å²) in [6.45, 7) is 0.852. The van der Waals surface area contributed by atoms with Crippen LogP contribution in [0.4, 0.5) is 0 Å². The van der Waals surface area contributed by atoms with E-state index in [1.807, 2.05) is 54.6 Å². The molecule has 0 saturated carbocycles.